The SMILES string of the molecule is c1ccc(-c2ccc(-c3nc(-c4ccccc4)nc(-c4cccc5c4oc4cc(-c6nc(-c7ccccc7)nc(-c7ccccc7)n6)ccc45)n3)cc2)cc1. The Bertz CT molecular complexity index is 2890. The Balaban J connectivity index is 1.10. The van der Waals surface area contributed by atoms with Gasteiger partial charge < -0.3 is 4.42 Å². The van der Waals surface area contributed by atoms with Crippen LogP contribution in [0.25, 0.3) is 101 Å². The maximum Gasteiger partial charge on any atom is 0.167 e. The molecule has 0 atom stereocenters. The predicted molar refractivity (Wildman–Crippen MR) is 219 cm³/mol. The van der Waals surface area contributed by atoms with Gasteiger partial charge in [0.1, 0.15) is 11.2 Å². The van der Waals surface area contributed by atoms with E-state index in [9.17, 15) is 0 Å². The van der Waals surface area contributed by atoms with Gasteiger partial charge in [0, 0.05) is 38.6 Å². The molecule has 7 nitrogen and oxygen atoms in total. The van der Waals surface area contributed by atoms with Crippen LogP contribution < -0.4 is 0 Å². The lowest BCUT2D eigenvalue weighted by molar-refractivity contribution is 0.669. The highest BCUT2D eigenvalue weighted by Gasteiger charge is 2.19. The minimum absolute atomic E-state index is 0.526. The van der Waals surface area contributed by atoms with Crippen molar-refractivity contribution in [1.82, 2.24) is 29.9 Å². The van der Waals surface area contributed by atoms with E-state index in [-0.39, 0.29) is 0 Å². The summed E-state index contributed by atoms with van der Waals surface area (Å²) in [5.41, 5.74) is 8.88. The Morgan fingerprint density at radius 1 is 0.273 bits per heavy atom. The van der Waals surface area contributed by atoms with Crippen molar-refractivity contribution >= 4 is 21.9 Å². The monoisotopic (exact) mass is 706 g/mol. The third-order valence-electron chi connectivity index (χ3n) is 9.61. The summed E-state index contributed by atoms with van der Waals surface area (Å²) < 4.78 is 6.71. The standard InChI is InChI=1S/C48H30N6O/c1-5-14-31(15-6-1)32-24-26-36(27-25-32)46-50-45(35-20-11-4-12-21-35)53-48(54-46)40-23-13-22-39-38-29-28-37(30-41(38)55-42(39)40)47-51-43(33-16-7-2-8-17-33)49-44(52-47)34-18-9-3-10-19-34/h1-30H. The van der Waals surface area contributed by atoms with Gasteiger partial charge in [-0.1, -0.05) is 164 Å². The van der Waals surface area contributed by atoms with E-state index in [4.69, 9.17) is 34.3 Å². The summed E-state index contributed by atoms with van der Waals surface area (Å²) in [6.45, 7) is 0. The second kappa shape index (κ2) is 13.7. The molecule has 258 valence electrons. The molecule has 0 bridgehead atoms. The highest BCUT2D eigenvalue weighted by molar-refractivity contribution is 6.09. The molecule has 0 radical (unpaired) electrons. The fourth-order valence-corrected chi connectivity index (χ4v) is 6.84. The molecule has 0 aliphatic heterocycles. The van der Waals surface area contributed by atoms with Gasteiger partial charge in [-0.05, 0) is 29.3 Å². The first-order valence-corrected chi connectivity index (χ1v) is 18.0. The molecule has 3 aromatic heterocycles. The van der Waals surface area contributed by atoms with Crippen LogP contribution >= 0.6 is 0 Å². The van der Waals surface area contributed by atoms with Gasteiger partial charge in [-0.25, -0.2) is 29.9 Å². The molecule has 0 aliphatic carbocycles. The molecule has 0 N–H and O–H groups in total. The van der Waals surface area contributed by atoms with Crippen molar-refractivity contribution in [2.24, 2.45) is 0 Å². The minimum Gasteiger partial charge on any atom is -0.455 e. The number of para-hydroxylation sites is 1. The lowest BCUT2D eigenvalue weighted by Crippen LogP contribution is -2.00. The summed E-state index contributed by atoms with van der Waals surface area (Å²) in [4.78, 5) is 29.7. The number of furan rings is 1. The van der Waals surface area contributed by atoms with E-state index >= 15 is 0 Å². The van der Waals surface area contributed by atoms with Crippen LogP contribution in [-0.2, 0) is 0 Å². The van der Waals surface area contributed by atoms with Crippen molar-refractivity contribution in [3.8, 4) is 79.5 Å². The lowest BCUT2D eigenvalue weighted by Gasteiger charge is -2.09. The highest BCUT2D eigenvalue weighted by atomic mass is 16.3. The van der Waals surface area contributed by atoms with Crippen molar-refractivity contribution in [2.75, 3.05) is 0 Å². The summed E-state index contributed by atoms with van der Waals surface area (Å²) in [5.74, 6) is 3.46. The van der Waals surface area contributed by atoms with Crippen molar-refractivity contribution < 1.29 is 4.42 Å². The second-order valence-corrected chi connectivity index (χ2v) is 13.1. The van der Waals surface area contributed by atoms with Gasteiger partial charge in [-0.3, -0.25) is 0 Å². The Morgan fingerprint density at radius 2 is 0.655 bits per heavy atom. The molecule has 7 aromatic carbocycles. The van der Waals surface area contributed by atoms with Gasteiger partial charge >= 0.3 is 0 Å². The van der Waals surface area contributed by atoms with Crippen molar-refractivity contribution in [2.45, 2.75) is 0 Å². The van der Waals surface area contributed by atoms with E-state index in [0.717, 1.165) is 55.3 Å². The maximum atomic E-state index is 6.71. The summed E-state index contributed by atoms with van der Waals surface area (Å²) >= 11 is 0. The Kier molecular flexibility index (Phi) is 8.00. The third kappa shape index (κ3) is 6.19. The van der Waals surface area contributed by atoms with Crippen LogP contribution in [0, 0.1) is 0 Å². The first kappa shape index (κ1) is 32.0. The molecule has 0 saturated carbocycles. The van der Waals surface area contributed by atoms with Crippen LogP contribution in [0.2, 0.25) is 0 Å². The fourth-order valence-electron chi connectivity index (χ4n) is 6.84. The van der Waals surface area contributed by atoms with Crippen LogP contribution in [0.15, 0.2) is 186 Å². The van der Waals surface area contributed by atoms with Crippen molar-refractivity contribution in [1.29, 1.82) is 0 Å². The molecular weight excluding hydrogens is 677 g/mol. The number of hydrogen-bond acceptors (Lipinski definition) is 7. The van der Waals surface area contributed by atoms with Crippen LogP contribution in [-0.4, -0.2) is 29.9 Å². The van der Waals surface area contributed by atoms with Gasteiger partial charge in [0.2, 0.25) is 0 Å². The lowest BCUT2D eigenvalue weighted by atomic mass is 10.0. The Hall–Kier alpha value is -7.64. The smallest absolute Gasteiger partial charge is 0.167 e. The molecule has 0 saturated heterocycles. The summed E-state index contributed by atoms with van der Waals surface area (Å²) in [5, 5.41) is 1.93. The fraction of sp³-hybridized carbons (Fsp3) is 0. The largest absolute Gasteiger partial charge is 0.455 e. The molecule has 10 rings (SSSR count). The summed E-state index contributed by atoms with van der Waals surface area (Å²) in [6.07, 6.45) is 0. The maximum absolute atomic E-state index is 6.71. The zero-order valence-electron chi connectivity index (χ0n) is 29.4. The molecule has 10 aromatic rings. The zero-order valence-corrected chi connectivity index (χ0v) is 29.4. The topological polar surface area (TPSA) is 90.5 Å². The van der Waals surface area contributed by atoms with E-state index < -0.39 is 0 Å². The Morgan fingerprint density at radius 3 is 1.16 bits per heavy atom. The van der Waals surface area contributed by atoms with Crippen LogP contribution in [0.1, 0.15) is 0 Å². The second-order valence-electron chi connectivity index (χ2n) is 13.1. The molecule has 0 spiro atoms. The molecule has 0 unspecified atom stereocenters. The third-order valence-corrected chi connectivity index (χ3v) is 9.61. The molecule has 3 heterocycles. The Labute approximate surface area is 316 Å². The minimum atomic E-state index is 0.526. The van der Waals surface area contributed by atoms with Crippen LogP contribution in [0.3, 0.4) is 0 Å². The van der Waals surface area contributed by atoms with Gasteiger partial charge in [0.05, 0.1) is 5.56 Å². The normalized spacial score (nSPS) is 11.3. The van der Waals surface area contributed by atoms with Crippen molar-refractivity contribution in [3.63, 3.8) is 0 Å². The molecule has 55 heavy (non-hydrogen) atoms. The summed E-state index contributed by atoms with van der Waals surface area (Å²) in [7, 11) is 0. The number of nitrogens with zero attached hydrogens (tertiary/aromatic N) is 6. The number of fused-ring (bicyclic) bond motifs is 3. The average Bonchev–Trinajstić information content (AvgIpc) is 3.66. The van der Waals surface area contributed by atoms with Crippen LogP contribution in [0.5, 0.6) is 0 Å². The number of rotatable bonds is 7. The highest BCUT2D eigenvalue weighted by Crippen LogP contribution is 2.37. The first-order chi connectivity index (χ1) is 27.2. The average molecular weight is 707 g/mol. The van der Waals surface area contributed by atoms with Gasteiger partial charge in [0.25, 0.3) is 0 Å². The molecular formula is C48H30N6O. The van der Waals surface area contributed by atoms with E-state index in [1.165, 1.54) is 0 Å². The van der Waals surface area contributed by atoms with E-state index in [1.54, 1.807) is 0 Å². The van der Waals surface area contributed by atoms with Crippen LogP contribution in [0.4, 0.5) is 0 Å². The molecule has 0 fully saturated rings. The number of aromatic nitrogens is 6. The van der Waals surface area contributed by atoms with Gasteiger partial charge in [-0.2, -0.15) is 0 Å². The number of benzene rings is 7. The van der Waals surface area contributed by atoms with E-state index in [0.29, 0.717) is 46.1 Å². The van der Waals surface area contributed by atoms with Crippen molar-refractivity contribution in [3.05, 3.63) is 182 Å². The van der Waals surface area contributed by atoms with E-state index in [1.807, 2.05) is 133 Å². The predicted octanol–water partition coefficient (Wildman–Crippen LogP) is 11.6. The van der Waals surface area contributed by atoms with E-state index in [2.05, 4.69) is 48.5 Å². The molecule has 0 aliphatic rings. The molecule has 7 heteroatoms. The quantitative estimate of drug-likeness (QED) is 0.163. The summed E-state index contributed by atoms with van der Waals surface area (Å²) in [6, 6.07) is 60.8. The number of hydrogen-bond donors (Lipinski definition) is 0. The van der Waals surface area contributed by atoms with Gasteiger partial charge in [-0.15, -0.1) is 0 Å². The zero-order chi connectivity index (χ0) is 36.6. The molecule has 0 amide bonds. The first-order valence-electron chi connectivity index (χ1n) is 18.0. The van der Waals surface area contributed by atoms with Gasteiger partial charge in [0.15, 0.2) is 34.9 Å².